The Labute approximate surface area is 236 Å². The second kappa shape index (κ2) is 13.6. The third kappa shape index (κ3) is 7.18. The van der Waals surface area contributed by atoms with Gasteiger partial charge in [0.05, 0.1) is 39.1 Å². The number of carbonyl (C=O) groups is 3. The Morgan fingerprint density at radius 2 is 1.54 bits per heavy atom. The van der Waals surface area contributed by atoms with Crippen LogP contribution in [0.2, 0.25) is 0 Å². The van der Waals surface area contributed by atoms with E-state index in [2.05, 4.69) is 15.8 Å². The molecule has 0 spiro atoms. The highest BCUT2D eigenvalue weighted by atomic mass is 16.5. The van der Waals surface area contributed by atoms with E-state index >= 15 is 0 Å². The van der Waals surface area contributed by atoms with E-state index in [1.54, 1.807) is 42.5 Å². The van der Waals surface area contributed by atoms with Crippen LogP contribution >= 0.6 is 0 Å². The SMILES string of the molecule is CCOc1ccc(C(=O)Oc2ccc3ccccc3c2/C=N\NC(=O)CNC(=O)c2ccc(OC)c(OC)c2)cc1. The number of hydrogen-bond acceptors (Lipinski definition) is 8. The number of hydrazone groups is 1. The van der Waals surface area contributed by atoms with E-state index in [-0.39, 0.29) is 12.3 Å². The molecule has 0 aliphatic rings. The van der Waals surface area contributed by atoms with Crippen molar-refractivity contribution in [1.29, 1.82) is 0 Å². The van der Waals surface area contributed by atoms with E-state index in [9.17, 15) is 14.4 Å². The summed E-state index contributed by atoms with van der Waals surface area (Å²) in [7, 11) is 2.96. The lowest BCUT2D eigenvalue weighted by Crippen LogP contribution is -2.34. The van der Waals surface area contributed by atoms with Crippen LogP contribution in [0, 0.1) is 0 Å². The van der Waals surface area contributed by atoms with Gasteiger partial charge in [0.2, 0.25) is 0 Å². The van der Waals surface area contributed by atoms with Gasteiger partial charge >= 0.3 is 5.97 Å². The van der Waals surface area contributed by atoms with Gasteiger partial charge in [-0.1, -0.05) is 30.3 Å². The summed E-state index contributed by atoms with van der Waals surface area (Å²) in [5.74, 6) is 0.212. The van der Waals surface area contributed by atoms with E-state index < -0.39 is 17.8 Å². The maximum absolute atomic E-state index is 12.9. The number of benzene rings is 4. The molecule has 10 nitrogen and oxygen atoms in total. The number of nitrogens with zero attached hydrogens (tertiary/aromatic N) is 1. The van der Waals surface area contributed by atoms with Crippen molar-refractivity contribution in [2.24, 2.45) is 5.10 Å². The van der Waals surface area contributed by atoms with Gasteiger partial charge < -0.3 is 24.3 Å². The first kappa shape index (κ1) is 28.6. The standard InChI is InChI=1S/C31H29N3O7/c1-4-40-23-13-9-21(10-14-23)31(37)41-26-15-11-20-7-5-6-8-24(20)25(26)18-33-34-29(35)19-32-30(36)22-12-16-27(38-2)28(17-22)39-3/h5-18H,4,19H2,1-3H3,(H,32,36)(H,34,35)/b33-18-. The molecule has 4 aromatic rings. The van der Waals surface area contributed by atoms with Gasteiger partial charge in [-0.05, 0) is 66.2 Å². The average Bonchev–Trinajstić information content (AvgIpc) is 3.00. The fourth-order valence-electron chi connectivity index (χ4n) is 3.96. The fraction of sp³-hybridized carbons (Fsp3) is 0.161. The van der Waals surface area contributed by atoms with E-state index in [0.717, 1.165) is 10.8 Å². The molecule has 2 N–H and O–H groups in total. The Balaban J connectivity index is 1.44. The van der Waals surface area contributed by atoms with E-state index in [1.807, 2.05) is 37.3 Å². The normalized spacial score (nSPS) is 10.7. The van der Waals surface area contributed by atoms with Crippen molar-refractivity contribution in [3.05, 3.63) is 95.6 Å². The van der Waals surface area contributed by atoms with Crippen LogP contribution in [0.25, 0.3) is 10.8 Å². The molecule has 2 amide bonds. The van der Waals surface area contributed by atoms with E-state index in [1.165, 1.54) is 26.5 Å². The van der Waals surface area contributed by atoms with Gasteiger partial charge in [0.25, 0.3) is 11.8 Å². The minimum absolute atomic E-state index is 0.266. The third-order valence-electron chi connectivity index (χ3n) is 5.97. The maximum Gasteiger partial charge on any atom is 0.343 e. The topological polar surface area (TPSA) is 125 Å². The Kier molecular flexibility index (Phi) is 9.50. The molecule has 10 heteroatoms. The lowest BCUT2D eigenvalue weighted by molar-refractivity contribution is -0.120. The molecule has 210 valence electrons. The van der Waals surface area contributed by atoms with Gasteiger partial charge in [0.15, 0.2) is 11.5 Å². The van der Waals surface area contributed by atoms with Crippen molar-refractivity contribution in [1.82, 2.24) is 10.7 Å². The van der Waals surface area contributed by atoms with Crippen LogP contribution in [0.15, 0.2) is 84.0 Å². The van der Waals surface area contributed by atoms with Crippen molar-refractivity contribution in [3.8, 4) is 23.0 Å². The number of esters is 1. The van der Waals surface area contributed by atoms with Gasteiger partial charge in [0, 0.05) is 11.1 Å². The molecule has 0 aromatic heterocycles. The highest BCUT2D eigenvalue weighted by molar-refractivity contribution is 6.04. The molecular formula is C31H29N3O7. The zero-order chi connectivity index (χ0) is 29.2. The lowest BCUT2D eigenvalue weighted by atomic mass is 10.0. The minimum atomic E-state index is -0.556. The predicted molar refractivity (Wildman–Crippen MR) is 154 cm³/mol. The summed E-state index contributed by atoms with van der Waals surface area (Å²) < 4.78 is 21.5. The number of rotatable bonds is 11. The summed E-state index contributed by atoms with van der Waals surface area (Å²) in [6.07, 6.45) is 1.40. The van der Waals surface area contributed by atoms with Crippen molar-refractivity contribution >= 4 is 34.8 Å². The fourth-order valence-corrected chi connectivity index (χ4v) is 3.96. The van der Waals surface area contributed by atoms with Gasteiger partial charge in [-0.2, -0.15) is 5.10 Å². The van der Waals surface area contributed by atoms with Crippen LogP contribution in [0.5, 0.6) is 23.0 Å². The first-order valence-corrected chi connectivity index (χ1v) is 12.7. The van der Waals surface area contributed by atoms with Crippen LogP contribution in [0.3, 0.4) is 0 Å². The van der Waals surface area contributed by atoms with Crippen LogP contribution in [0.4, 0.5) is 0 Å². The molecule has 4 rings (SSSR count). The number of methoxy groups -OCH3 is 2. The Hall–Kier alpha value is -5.38. The zero-order valence-corrected chi connectivity index (χ0v) is 22.8. The van der Waals surface area contributed by atoms with Gasteiger partial charge in [-0.3, -0.25) is 9.59 Å². The van der Waals surface area contributed by atoms with Crippen LogP contribution in [-0.2, 0) is 4.79 Å². The first-order chi connectivity index (χ1) is 19.9. The summed E-state index contributed by atoms with van der Waals surface area (Å²) in [6, 6.07) is 22.3. The van der Waals surface area contributed by atoms with E-state index in [0.29, 0.717) is 40.5 Å². The summed E-state index contributed by atoms with van der Waals surface area (Å²) in [5, 5.41) is 8.24. The summed E-state index contributed by atoms with van der Waals surface area (Å²) in [5.41, 5.74) is 3.54. The van der Waals surface area contributed by atoms with Crippen LogP contribution < -0.4 is 29.7 Å². The largest absolute Gasteiger partial charge is 0.494 e. The third-order valence-corrected chi connectivity index (χ3v) is 5.97. The van der Waals surface area contributed by atoms with Crippen molar-refractivity contribution in [2.75, 3.05) is 27.4 Å². The quantitative estimate of drug-likeness (QED) is 0.122. The zero-order valence-electron chi connectivity index (χ0n) is 22.8. The molecular weight excluding hydrogens is 526 g/mol. The smallest absolute Gasteiger partial charge is 0.343 e. The second-order valence-electron chi connectivity index (χ2n) is 8.59. The number of fused-ring (bicyclic) bond motifs is 1. The maximum atomic E-state index is 12.9. The van der Waals surface area contributed by atoms with E-state index in [4.69, 9.17) is 18.9 Å². The summed E-state index contributed by atoms with van der Waals surface area (Å²) in [4.78, 5) is 37.8. The summed E-state index contributed by atoms with van der Waals surface area (Å²) >= 11 is 0. The molecule has 0 saturated heterocycles. The number of ether oxygens (including phenoxy) is 4. The molecule has 0 saturated carbocycles. The average molecular weight is 556 g/mol. The first-order valence-electron chi connectivity index (χ1n) is 12.7. The number of amides is 2. The molecule has 0 radical (unpaired) electrons. The molecule has 0 unspecified atom stereocenters. The Morgan fingerprint density at radius 3 is 2.27 bits per heavy atom. The highest BCUT2D eigenvalue weighted by Gasteiger charge is 2.15. The molecule has 0 atom stereocenters. The molecule has 0 fully saturated rings. The molecule has 0 aliphatic heterocycles. The predicted octanol–water partition coefficient (Wildman–Crippen LogP) is 4.36. The number of nitrogens with one attached hydrogen (secondary N) is 2. The molecule has 0 bridgehead atoms. The molecule has 4 aromatic carbocycles. The number of carbonyl (C=O) groups excluding carboxylic acids is 3. The molecule has 0 aliphatic carbocycles. The highest BCUT2D eigenvalue weighted by Crippen LogP contribution is 2.28. The molecule has 41 heavy (non-hydrogen) atoms. The Bertz CT molecular complexity index is 1580. The number of hydrogen-bond donors (Lipinski definition) is 2. The van der Waals surface area contributed by atoms with Crippen molar-refractivity contribution in [3.63, 3.8) is 0 Å². The van der Waals surface area contributed by atoms with Gasteiger partial charge in [0.1, 0.15) is 11.5 Å². The van der Waals surface area contributed by atoms with Crippen molar-refractivity contribution in [2.45, 2.75) is 6.92 Å². The molecule has 0 heterocycles. The Morgan fingerprint density at radius 1 is 0.829 bits per heavy atom. The van der Waals surface area contributed by atoms with Crippen LogP contribution in [0.1, 0.15) is 33.2 Å². The van der Waals surface area contributed by atoms with Crippen molar-refractivity contribution < 1.29 is 33.3 Å². The lowest BCUT2D eigenvalue weighted by Gasteiger charge is -2.11. The summed E-state index contributed by atoms with van der Waals surface area (Å²) in [6.45, 7) is 2.08. The van der Waals surface area contributed by atoms with Gasteiger partial charge in [-0.25, -0.2) is 10.2 Å². The minimum Gasteiger partial charge on any atom is -0.494 e. The monoisotopic (exact) mass is 555 g/mol. The second-order valence-corrected chi connectivity index (χ2v) is 8.59. The van der Waals surface area contributed by atoms with Crippen LogP contribution in [-0.4, -0.2) is 51.4 Å². The van der Waals surface area contributed by atoms with Gasteiger partial charge in [-0.15, -0.1) is 0 Å².